The normalized spacial score (nSPS) is 11.4. The highest BCUT2D eigenvalue weighted by atomic mass is 32.2. The van der Waals surface area contributed by atoms with Crippen molar-refractivity contribution in [3.63, 3.8) is 0 Å². The third kappa shape index (κ3) is 4.59. The molecule has 0 aliphatic heterocycles. The summed E-state index contributed by atoms with van der Waals surface area (Å²) in [5.41, 5.74) is 1.91. The van der Waals surface area contributed by atoms with Crippen LogP contribution in [0.25, 0.3) is 0 Å². The lowest BCUT2D eigenvalue weighted by Crippen LogP contribution is -2.22. The predicted molar refractivity (Wildman–Crippen MR) is 108 cm³/mol. The molecule has 2 N–H and O–H groups in total. The lowest BCUT2D eigenvalue weighted by atomic mass is 10.2. The van der Waals surface area contributed by atoms with Gasteiger partial charge in [0.15, 0.2) is 0 Å². The Morgan fingerprint density at radius 2 is 1.61 bits per heavy atom. The van der Waals surface area contributed by atoms with Gasteiger partial charge in [-0.15, -0.1) is 0 Å². The van der Waals surface area contributed by atoms with Crippen molar-refractivity contribution in [2.75, 3.05) is 24.7 Å². The molecule has 0 radical (unpaired) electrons. The van der Waals surface area contributed by atoms with Crippen LogP contribution in [0.5, 0.6) is 0 Å². The van der Waals surface area contributed by atoms with Gasteiger partial charge >= 0.3 is 0 Å². The summed E-state index contributed by atoms with van der Waals surface area (Å²) in [6, 6.07) is 16.8. The number of rotatable bonds is 7. The Kier molecular flexibility index (Phi) is 5.81. The van der Waals surface area contributed by atoms with E-state index in [1.165, 1.54) is 38.4 Å². The van der Waals surface area contributed by atoms with Crippen LogP contribution in [0.15, 0.2) is 76.2 Å². The number of nitrogens with one attached hydrogen (secondary N) is 2. The number of carbonyl (C=O) groups is 1. The quantitative estimate of drug-likeness (QED) is 0.635. The molecular formula is C20H21N3O4S. The second-order valence-electron chi connectivity index (χ2n) is 6.28. The Hall–Kier alpha value is -3.10. The number of nitrogens with zero attached hydrogens (tertiary/aromatic N) is 1. The highest BCUT2D eigenvalue weighted by molar-refractivity contribution is 7.89. The molecule has 3 rings (SSSR count). The standard InChI is InChI=1S/C20H21N3O4S/c1-23(2)28(25,26)19-11-5-15(6-12-19)20(24)22-17-9-7-16(8-10-17)21-14-18-4-3-13-27-18/h3-13,21H,14H2,1-2H3,(H,22,24). The lowest BCUT2D eigenvalue weighted by Gasteiger charge is -2.12. The summed E-state index contributed by atoms with van der Waals surface area (Å²) in [6.45, 7) is 0.570. The average molecular weight is 399 g/mol. The van der Waals surface area contributed by atoms with Crippen LogP contribution in [0.2, 0.25) is 0 Å². The Balaban J connectivity index is 1.61. The summed E-state index contributed by atoms with van der Waals surface area (Å²) < 4.78 is 30.5. The monoisotopic (exact) mass is 399 g/mol. The first-order valence-corrected chi connectivity index (χ1v) is 10.0. The summed E-state index contributed by atoms with van der Waals surface area (Å²) in [5, 5.41) is 6.01. The van der Waals surface area contributed by atoms with E-state index in [0.717, 1.165) is 15.8 Å². The van der Waals surface area contributed by atoms with Gasteiger partial charge in [-0.25, -0.2) is 12.7 Å². The van der Waals surface area contributed by atoms with Crippen molar-refractivity contribution < 1.29 is 17.6 Å². The number of amides is 1. The Labute approximate surface area is 164 Å². The van der Waals surface area contributed by atoms with E-state index < -0.39 is 10.0 Å². The number of benzene rings is 2. The molecule has 0 aliphatic rings. The van der Waals surface area contributed by atoms with E-state index in [0.29, 0.717) is 17.8 Å². The van der Waals surface area contributed by atoms with Crippen molar-refractivity contribution in [2.45, 2.75) is 11.4 Å². The summed E-state index contributed by atoms with van der Waals surface area (Å²) >= 11 is 0. The smallest absolute Gasteiger partial charge is 0.255 e. The van der Waals surface area contributed by atoms with E-state index in [9.17, 15) is 13.2 Å². The molecule has 7 nitrogen and oxygen atoms in total. The number of carbonyl (C=O) groups excluding carboxylic acids is 1. The van der Waals surface area contributed by atoms with Gasteiger partial charge < -0.3 is 15.1 Å². The third-order valence-electron chi connectivity index (χ3n) is 4.08. The molecule has 0 fully saturated rings. The molecule has 3 aromatic rings. The molecule has 1 heterocycles. The second-order valence-corrected chi connectivity index (χ2v) is 8.43. The maximum absolute atomic E-state index is 12.4. The van der Waals surface area contributed by atoms with Gasteiger partial charge in [-0.2, -0.15) is 0 Å². The molecule has 1 amide bonds. The molecule has 0 unspecified atom stereocenters. The first kappa shape index (κ1) is 19.7. The van der Waals surface area contributed by atoms with E-state index in [1.54, 1.807) is 18.4 Å². The fraction of sp³-hybridized carbons (Fsp3) is 0.150. The fourth-order valence-corrected chi connectivity index (χ4v) is 3.37. The Morgan fingerprint density at radius 3 is 2.18 bits per heavy atom. The van der Waals surface area contributed by atoms with Crippen molar-refractivity contribution in [1.29, 1.82) is 0 Å². The molecule has 0 spiro atoms. The highest BCUT2D eigenvalue weighted by Crippen LogP contribution is 2.17. The highest BCUT2D eigenvalue weighted by Gasteiger charge is 2.17. The van der Waals surface area contributed by atoms with Crippen LogP contribution in [0.3, 0.4) is 0 Å². The van der Waals surface area contributed by atoms with Gasteiger partial charge in [-0.05, 0) is 60.7 Å². The van der Waals surface area contributed by atoms with Crippen molar-refractivity contribution in [3.05, 3.63) is 78.3 Å². The largest absolute Gasteiger partial charge is 0.467 e. The van der Waals surface area contributed by atoms with Crippen LogP contribution >= 0.6 is 0 Å². The molecule has 2 aromatic carbocycles. The second kappa shape index (κ2) is 8.28. The molecule has 8 heteroatoms. The minimum Gasteiger partial charge on any atom is -0.467 e. The van der Waals surface area contributed by atoms with Gasteiger partial charge in [-0.3, -0.25) is 4.79 Å². The summed E-state index contributed by atoms with van der Waals surface area (Å²) in [4.78, 5) is 12.5. The van der Waals surface area contributed by atoms with Gasteiger partial charge in [0.1, 0.15) is 5.76 Å². The van der Waals surface area contributed by atoms with Crippen molar-refractivity contribution >= 4 is 27.3 Å². The van der Waals surface area contributed by atoms with Crippen LogP contribution in [0, 0.1) is 0 Å². The van der Waals surface area contributed by atoms with Crippen LogP contribution in [-0.4, -0.2) is 32.7 Å². The molecule has 0 saturated carbocycles. The maximum atomic E-state index is 12.4. The predicted octanol–water partition coefficient (Wildman–Crippen LogP) is 3.39. The van der Waals surface area contributed by atoms with Crippen LogP contribution in [0.1, 0.15) is 16.1 Å². The average Bonchev–Trinajstić information content (AvgIpc) is 3.21. The van der Waals surface area contributed by atoms with Crippen LogP contribution < -0.4 is 10.6 Å². The van der Waals surface area contributed by atoms with E-state index in [-0.39, 0.29) is 10.8 Å². The zero-order chi connectivity index (χ0) is 20.1. The molecule has 28 heavy (non-hydrogen) atoms. The molecule has 0 saturated heterocycles. The first-order chi connectivity index (χ1) is 13.4. The molecule has 0 atom stereocenters. The molecule has 146 valence electrons. The topological polar surface area (TPSA) is 91.7 Å². The number of furan rings is 1. The van der Waals surface area contributed by atoms with Crippen LogP contribution in [-0.2, 0) is 16.6 Å². The van der Waals surface area contributed by atoms with Crippen molar-refractivity contribution in [2.24, 2.45) is 0 Å². The van der Waals surface area contributed by atoms with Gasteiger partial charge in [0.2, 0.25) is 10.0 Å². The Bertz CT molecular complexity index is 1030. The SMILES string of the molecule is CN(C)S(=O)(=O)c1ccc(C(=O)Nc2ccc(NCc3ccco3)cc2)cc1. The van der Waals surface area contributed by atoms with Gasteiger partial charge in [0.05, 0.1) is 17.7 Å². The fourth-order valence-electron chi connectivity index (χ4n) is 2.47. The summed E-state index contributed by atoms with van der Waals surface area (Å²) in [7, 11) is -0.594. The zero-order valence-electron chi connectivity index (χ0n) is 15.5. The van der Waals surface area contributed by atoms with Gasteiger partial charge in [-0.1, -0.05) is 0 Å². The summed E-state index contributed by atoms with van der Waals surface area (Å²) in [5.74, 6) is 0.516. The molecule has 0 aliphatic carbocycles. The zero-order valence-corrected chi connectivity index (χ0v) is 16.4. The number of anilines is 2. The van der Waals surface area contributed by atoms with Crippen molar-refractivity contribution in [1.82, 2.24) is 4.31 Å². The number of hydrogen-bond acceptors (Lipinski definition) is 5. The molecule has 1 aromatic heterocycles. The van der Waals surface area contributed by atoms with E-state index in [1.807, 2.05) is 24.3 Å². The van der Waals surface area contributed by atoms with Crippen LogP contribution in [0.4, 0.5) is 11.4 Å². The maximum Gasteiger partial charge on any atom is 0.255 e. The van der Waals surface area contributed by atoms with Crippen molar-refractivity contribution in [3.8, 4) is 0 Å². The first-order valence-electron chi connectivity index (χ1n) is 8.56. The summed E-state index contributed by atoms with van der Waals surface area (Å²) in [6.07, 6.45) is 1.62. The van der Waals surface area contributed by atoms with E-state index in [2.05, 4.69) is 10.6 Å². The lowest BCUT2D eigenvalue weighted by molar-refractivity contribution is 0.102. The van der Waals surface area contributed by atoms with E-state index in [4.69, 9.17) is 4.42 Å². The molecule has 0 bridgehead atoms. The minimum absolute atomic E-state index is 0.140. The molecular weight excluding hydrogens is 378 g/mol. The van der Waals surface area contributed by atoms with Gasteiger partial charge in [0, 0.05) is 31.0 Å². The Morgan fingerprint density at radius 1 is 0.964 bits per heavy atom. The minimum atomic E-state index is -3.52. The van der Waals surface area contributed by atoms with E-state index >= 15 is 0 Å². The number of sulfonamides is 1. The number of hydrogen-bond donors (Lipinski definition) is 2. The van der Waals surface area contributed by atoms with Gasteiger partial charge in [0.25, 0.3) is 5.91 Å². The third-order valence-corrected chi connectivity index (χ3v) is 5.91.